The Balaban J connectivity index is 1.76. The molecule has 2 nitrogen and oxygen atoms in total. The standard InChI is InChI=1S/C16H18O2/c1-14(16-10-6-12-18-16)7-5-11-17-13-15-8-3-2-4-9-15/h2-5,8-10H,6,11-13H2,1H3. The summed E-state index contributed by atoms with van der Waals surface area (Å²) in [5, 5.41) is 0. The van der Waals surface area contributed by atoms with Crippen molar-refractivity contribution >= 4 is 0 Å². The number of ether oxygens (including phenoxy) is 2. The van der Waals surface area contributed by atoms with Gasteiger partial charge in [-0.1, -0.05) is 30.3 Å². The molecule has 1 aromatic rings. The Kier molecular flexibility index (Phi) is 4.83. The van der Waals surface area contributed by atoms with Crippen LogP contribution in [0, 0.1) is 0 Å². The summed E-state index contributed by atoms with van der Waals surface area (Å²) in [5.41, 5.74) is 5.41. The third-order valence-corrected chi connectivity index (χ3v) is 2.71. The van der Waals surface area contributed by atoms with Crippen molar-refractivity contribution in [2.45, 2.75) is 20.0 Å². The molecule has 0 amide bonds. The van der Waals surface area contributed by atoms with Gasteiger partial charge in [0.2, 0.25) is 0 Å². The largest absolute Gasteiger partial charge is 0.493 e. The molecule has 0 unspecified atom stereocenters. The third kappa shape index (κ3) is 3.92. The van der Waals surface area contributed by atoms with Crippen molar-refractivity contribution in [2.24, 2.45) is 0 Å². The molecule has 0 spiro atoms. The highest BCUT2D eigenvalue weighted by molar-refractivity contribution is 5.24. The first-order valence-corrected chi connectivity index (χ1v) is 6.23. The zero-order valence-corrected chi connectivity index (χ0v) is 10.7. The van der Waals surface area contributed by atoms with E-state index in [9.17, 15) is 0 Å². The summed E-state index contributed by atoms with van der Waals surface area (Å²) < 4.78 is 11.0. The molecule has 1 aromatic carbocycles. The smallest absolute Gasteiger partial charge is 0.126 e. The van der Waals surface area contributed by atoms with Gasteiger partial charge in [-0.2, -0.15) is 0 Å². The van der Waals surface area contributed by atoms with E-state index in [2.05, 4.69) is 23.9 Å². The molecule has 2 rings (SSSR count). The van der Waals surface area contributed by atoms with Gasteiger partial charge in [-0.15, -0.1) is 5.73 Å². The van der Waals surface area contributed by atoms with Gasteiger partial charge in [0.05, 0.1) is 19.8 Å². The van der Waals surface area contributed by atoms with Gasteiger partial charge in [0.15, 0.2) is 0 Å². The average Bonchev–Trinajstić information content (AvgIpc) is 2.93. The Morgan fingerprint density at radius 1 is 1.39 bits per heavy atom. The Bertz CT molecular complexity index is 465. The lowest BCUT2D eigenvalue weighted by atomic mass is 10.2. The highest BCUT2D eigenvalue weighted by atomic mass is 16.5. The van der Waals surface area contributed by atoms with E-state index in [0.29, 0.717) is 13.2 Å². The van der Waals surface area contributed by atoms with Crippen molar-refractivity contribution in [1.29, 1.82) is 0 Å². The van der Waals surface area contributed by atoms with E-state index in [1.807, 2.05) is 31.2 Å². The van der Waals surface area contributed by atoms with Gasteiger partial charge in [0.1, 0.15) is 5.76 Å². The second kappa shape index (κ2) is 6.85. The lowest BCUT2D eigenvalue weighted by Gasteiger charge is -2.01. The predicted molar refractivity (Wildman–Crippen MR) is 72.0 cm³/mol. The van der Waals surface area contributed by atoms with Crippen LogP contribution in [-0.4, -0.2) is 13.2 Å². The van der Waals surface area contributed by atoms with Crippen molar-refractivity contribution < 1.29 is 9.47 Å². The fraction of sp³-hybridized carbons (Fsp3) is 0.312. The monoisotopic (exact) mass is 242 g/mol. The van der Waals surface area contributed by atoms with Gasteiger partial charge in [-0.25, -0.2) is 0 Å². The second-order valence-electron chi connectivity index (χ2n) is 4.18. The van der Waals surface area contributed by atoms with Crippen LogP contribution >= 0.6 is 0 Å². The van der Waals surface area contributed by atoms with Gasteiger partial charge in [-0.3, -0.25) is 0 Å². The number of rotatable bonds is 5. The van der Waals surface area contributed by atoms with Crippen LogP contribution in [-0.2, 0) is 16.1 Å². The molecule has 0 bridgehead atoms. The molecule has 0 N–H and O–H groups in total. The first-order valence-electron chi connectivity index (χ1n) is 6.23. The number of hydrogen-bond donors (Lipinski definition) is 0. The summed E-state index contributed by atoms with van der Waals surface area (Å²) in [6, 6.07) is 10.2. The van der Waals surface area contributed by atoms with Gasteiger partial charge >= 0.3 is 0 Å². The van der Waals surface area contributed by atoms with Crippen molar-refractivity contribution in [3.63, 3.8) is 0 Å². The van der Waals surface area contributed by atoms with Crippen LogP contribution in [0.5, 0.6) is 0 Å². The maximum absolute atomic E-state index is 5.54. The van der Waals surface area contributed by atoms with Crippen LogP contribution in [0.4, 0.5) is 0 Å². The molecule has 0 aromatic heterocycles. The van der Waals surface area contributed by atoms with E-state index >= 15 is 0 Å². The minimum Gasteiger partial charge on any atom is -0.493 e. The molecular formula is C16H18O2. The second-order valence-corrected chi connectivity index (χ2v) is 4.18. The molecule has 1 aliphatic heterocycles. The maximum Gasteiger partial charge on any atom is 0.126 e. The summed E-state index contributed by atoms with van der Waals surface area (Å²) in [6.45, 7) is 4.00. The van der Waals surface area contributed by atoms with Crippen molar-refractivity contribution in [3.05, 3.63) is 65.1 Å². The van der Waals surface area contributed by atoms with E-state index in [-0.39, 0.29) is 0 Å². The first kappa shape index (κ1) is 12.7. The van der Waals surface area contributed by atoms with Crippen LogP contribution in [0.3, 0.4) is 0 Å². The van der Waals surface area contributed by atoms with E-state index < -0.39 is 0 Å². The zero-order chi connectivity index (χ0) is 12.6. The molecule has 1 aliphatic rings. The molecule has 2 heteroatoms. The highest BCUT2D eigenvalue weighted by Gasteiger charge is 2.05. The van der Waals surface area contributed by atoms with Crippen LogP contribution in [0.25, 0.3) is 0 Å². The van der Waals surface area contributed by atoms with Crippen LogP contribution in [0.15, 0.2) is 59.5 Å². The molecule has 1 heterocycles. The van der Waals surface area contributed by atoms with E-state index in [1.165, 1.54) is 5.56 Å². The Hall–Kier alpha value is -1.76. The van der Waals surface area contributed by atoms with Gasteiger partial charge < -0.3 is 9.47 Å². The van der Waals surface area contributed by atoms with Crippen molar-refractivity contribution in [1.82, 2.24) is 0 Å². The minimum atomic E-state index is 0.569. The van der Waals surface area contributed by atoms with Crippen LogP contribution < -0.4 is 0 Å². The highest BCUT2D eigenvalue weighted by Crippen LogP contribution is 2.16. The topological polar surface area (TPSA) is 18.5 Å². The Morgan fingerprint density at radius 3 is 2.94 bits per heavy atom. The summed E-state index contributed by atoms with van der Waals surface area (Å²) in [5.74, 6) is 0.953. The quantitative estimate of drug-likeness (QED) is 0.580. The molecule has 94 valence electrons. The Labute approximate surface area is 108 Å². The summed E-state index contributed by atoms with van der Waals surface area (Å²) >= 11 is 0. The van der Waals surface area contributed by atoms with Gasteiger partial charge in [0.25, 0.3) is 0 Å². The van der Waals surface area contributed by atoms with Gasteiger partial charge in [0, 0.05) is 12.0 Å². The SMILES string of the molecule is CC(=C=CCOCc1ccccc1)C1=CCCO1. The van der Waals surface area contributed by atoms with Gasteiger partial charge in [-0.05, 0) is 24.6 Å². The summed E-state index contributed by atoms with van der Waals surface area (Å²) in [7, 11) is 0. The van der Waals surface area contributed by atoms with E-state index in [1.54, 1.807) is 0 Å². The fourth-order valence-corrected chi connectivity index (χ4v) is 1.76. The molecule has 0 atom stereocenters. The number of allylic oxidation sites excluding steroid dienone is 1. The van der Waals surface area contributed by atoms with Crippen LogP contribution in [0.1, 0.15) is 18.9 Å². The zero-order valence-electron chi connectivity index (χ0n) is 10.7. The third-order valence-electron chi connectivity index (χ3n) is 2.71. The molecular weight excluding hydrogens is 224 g/mol. The molecule has 0 radical (unpaired) electrons. The van der Waals surface area contributed by atoms with Crippen molar-refractivity contribution in [3.8, 4) is 0 Å². The molecule has 0 aliphatic carbocycles. The maximum atomic E-state index is 5.54. The number of hydrogen-bond acceptors (Lipinski definition) is 2. The minimum absolute atomic E-state index is 0.569. The molecule has 0 fully saturated rings. The Morgan fingerprint density at radius 2 is 2.22 bits per heavy atom. The lowest BCUT2D eigenvalue weighted by Crippen LogP contribution is -1.92. The summed E-state index contributed by atoms with van der Waals surface area (Å²) in [6.07, 6.45) is 5.00. The normalized spacial score (nSPS) is 13.5. The van der Waals surface area contributed by atoms with Crippen LogP contribution in [0.2, 0.25) is 0 Å². The fourth-order valence-electron chi connectivity index (χ4n) is 1.76. The average molecular weight is 242 g/mol. The van der Waals surface area contributed by atoms with Crippen molar-refractivity contribution in [2.75, 3.05) is 13.2 Å². The lowest BCUT2D eigenvalue weighted by molar-refractivity contribution is 0.149. The predicted octanol–water partition coefficient (Wildman–Crippen LogP) is 3.61. The number of benzene rings is 1. The molecule has 0 saturated heterocycles. The van der Waals surface area contributed by atoms with E-state index in [4.69, 9.17) is 9.47 Å². The molecule has 18 heavy (non-hydrogen) atoms. The first-order chi connectivity index (χ1) is 8.86. The van der Waals surface area contributed by atoms with E-state index in [0.717, 1.165) is 24.4 Å². The molecule has 0 saturated carbocycles. The summed E-state index contributed by atoms with van der Waals surface area (Å²) in [4.78, 5) is 0.